The number of aromatic nitrogens is 2. The molecular weight excluding hydrogens is 343 g/mol. The molecule has 4 rings (SSSR count). The van der Waals surface area contributed by atoms with Crippen molar-refractivity contribution in [3.8, 4) is 0 Å². The van der Waals surface area contributed by atoms with Crippen LogP contribution in [0.15, 0.2) is 18.2 Å². The quantitative estimate of drug-likeness (QED) is 0.909. The van der Waals surface area contributed by atoms with E-state index in [2.05, 4.69) is 15.1 Å². The van der Waals surface area contributed by atoms with Gasteiger partial charge in [-0.1, -0.05) is 17.7 Å². The molecule has 0 saturated heterocycles. The smallest absolute Gasteiger partial charge is 0.275 e. The molecule has 1 aromatic heterocycles. The van der Waals surface area contributed by atoms with E-state index in [1.807, 2.05) is 7.05 Å². The average molecular weight is 363 g/mol. The molecule has 0 atom stereocenters. The Morgan fingerprint density at radius 3 is 3.00 bits per heavy atom. The van der Waals surface area contributed by atoms with Crippen LogP contribution in [0.3, 0.4) is 0 Å². The molecule has 2 aromatic rings. The van der Waals surface area contributed by atoms with Gasteiger partial charge in [-0.15, -0.1) is 0 Å². The van der Waals surface area contributed by atoms with Crippen molar-refractivity contribution in [1.29, 1.82) is 0 Å². The van der Waals surface area contributed by atoms with Crippen molar-refractivity contribution >= 4 is 17.5 Å². The number of rotatable bonds is 4. The number of H-pyrrole nitrogens is 1. The summed E-state index contributed by atoms with van der Waals surface area (Å²) in [4.78, 5) is 17.0. The van der Waals surface area contributed by atoms with E-state index in [1.54, 1.807) is 17.0 Å². The fraction of sp³-hybridized carbons (Fsp3) is 0.444. The van der Waals surface area contributed by atoms with E-state index in [9.17, 15) is 9.18 Å². The predicted molar refractivity (Wildman–Crippen MR) is 92.9 cm³/mol. The first-order valence-corrected chi connectivity index (χ1v) is 8.91. The lowest BCUT2D eigenvalue weighted by Gasteiger charge is -2.25. The van der Waals surface area contributed by atoms with Gasteiger partial charge in [-0.3, -0.25) is 9.89 Å². The van der Waals surface area contributed by atoms with Crippen LogP contribution in [0.4, 0.5) is 4.39 Å². The highest BCUT2D eigenvalue weighted by atomic mass is 35.5. The lowest BCUT2D eigenvalue weighted by atomic mass is 10.0. The Labute approximate surface area is 150 Å². The highest BCUT2D eigenvalue weighted by Gasteiger charge is 2.36. The summed E-state index contributed by atoms with van der Waals surface area (Å²) in [7, 11) is 2.03. The molecule has 5 nitrogen and oxygen atoms in total. The molecule has 1 amide bonds. The summed E-state index contributed by atoms with van der Waals surface area (Å²) in [5.74, 6) is -0.524. The Morgan fingerprint density at radius 1 is 1.48 bits per heavy atom. The highest BCUT2D eigenvalue weighted by molar-refractivity contribution is 6.31. The van der Waals surface area contributed by atoms with Crippen LogP contribution in [0.1, 0.15) is 40.2 Å². The van der Waals surface area contributed by atoms with Crippen molar-refractivity contribution in [2.75, 3.05) is 13.6 Å². The fourth-order valence-corrected chi connectivity index (χ4v) is 3.57. The molecule has 1 N–H and O–H groups in total. The molecule has 0 spiro atoms. The lowest BCUT2D eigenvalue weighted by molar-refractivity contribution is 0.0720. The number of hydrogen-bond acceptors (Lipinski definition) is 3. The standard InChI is InChI=1S/C18H20ClFN4O/c1-23-8-7-16-13(9-23)17(22-21-16)18(25)24(11-5-6-11)10-12-14(19)3-2-4-15(12)20/h2-4,11H,5-10H2,1H3,(H,21,22). The maximum atomic E-state index is 14.2. The summed E-state index contributed by atoms with van der Waals surface area (Å²) in [5.41, 5.74) is 2.82. The summed E-state index contributed by atoms with van der Waals surface area (Å²) < 4.78 is 14.2. The van der Waals surface area contributed by atoms with Crippen LogP contribution < -0.4 is 0 Å². The van der Waals surface area contributed by atoms with Crippen LogP contribution in [0.2, 0.25) is 5.02 Å². The van der Waals surface area contributed by atoms with Gasteiger partial charge >= 0.3 is 0 Å². The van der Waals surface area contributed by atoms with Crippen molar-refractivity contribution < 1.29 is 9.18 Å². The van der Waals surface area contributed by atoms with Crippen molar-refractivity contribution in [1.82, 2.24) is 20.0 Å². The number of benzene rings is 1. The molecule has 1 fully saturated rings. The molecule has 1 aliphatic carbocycles. The predicted octanol–water partition coefficient (Wildman–Crippen LogP) is 2.99. The number of nitrogens with one attached hydrogen (secondary N) is 1. The third-order valence-electron chi connectivity index (χ3n) is 4.97. The molecule has 1 aromatic carbocycles. The van der Waals surface area contributed by atoms with Crippen molar-refractivity contribution in [2.24, 2.45) is 0 Å². The second-order valence-electron chi connectivity index (χ2n) is 6.88. The highest BCUT2D eigenvalue weighted by Crippen LogP contribution is 2.33. The van der Waals surface area contributed by atoms with Crippen molar-refractivity contribution in [2.45, 2.75) is 38.4 Å². The summed E-state index contributed by atoms with van der Waals surface area (Å²) >= 11 is 6.16. The molecule has 132 valence electrons. The zero-order valence-corrected chi connectivity index (χ0v) is 14.8. The van der Waals surface area contributed by atoms with Crippen LogP contribution in [0, 0.1) is 5.82 Å². The van der Waals surface area contributed by atoms with Crippen LogP contribution in [0.5, 0.6) is 0 Å². The van der Waals surface area contributed by atoms with Gasteiger partial charge in [-0.2, -0.15) is 5.10 Å². The van der Waals surface area contributed by atoms with Gasteiger partial charge in [0.05, 0.1) is 6.54 Å². The van der Waals surface area contributed by atoms with E-state index in [0.29, 0.717) is 22.8 Å². The Morgan fingerprint density at radius 2 is 2.28 bits per heavy atom. The normalized spacial score (nSPS) is 17.4. The molecule has 0 bridgehead atoms. The van der Waals surface area contributed by atoms with Crippen LogP contribution >= 0.6 is 11.6 Å². The molecule has 1 saturated carbocycles. The van der Waals surface area contributed by atoms with E-state index in [0.717, 1.165) is 37.1 Å². The zero-order chi connectivity index (χ0) is 17.6. The SMILES string of the molecule is CN1CCc2[nH]nc(C(=O)N(Cc3c(F)cccc3Cl)C3CC3)c2C1. The number of aromatic amines is 1. The number of amides is 1. The Bertz CT molecular complexity index is 797. The van der Waals surface area contributed by atoms with Gasteiger partial charge in [-0.05, 0) is 32.0 Å². The monoisotopic (exact) mass is 362 g/mol. The maximum absolute atomic E-state index is 14.2. The Balaban J connectivity index is 1.64. The third kappa shape index (κ3) is 3.16. The number of hydrogen-bond donors (Lipinski definition) is 1. The number of carbonyl (C=O) groups excluding carboxylic acids is 1. The first kappa shape index (κ1) is 16.5. The third-order valence-corrected chi connectivity index (χ3v) is 5.32. The van der Waals surface area contributed by atoms with Gasteiger partial charge in [0.15, 0.2) is 5.69 Å². The van der Waals surface area contributed by atoms with Gasteiger partial charge in [0.25, 0.3) is 5.91 Å². The van der Waals surface area contributed by atoms with E-state index in [1.165, 1.54) is 6.07 Å². The minimum Gasteiger partial charge on any atom is -0.330 e. The topological polar surface area (TPSA) is 52.2 Å². The van der Waals surface area contributed by atoms with Crippen LogP contribution in [0.25, 0.3) is 0 Å². The average Bonchev–Trinajstić information content (AvgIpc) is 3.33. The minimum absolute atomic E-state index is 0.136. The Hall–Kier alpha value is -1.92. The largest absolute Gasteiger partial charge is 0.330 e. The molecule has 25 heavy (non-hydrogen) atoms. The van der Waals surface area contributed by atoms with Crippen LogP contribution in [-0.2, 0) is 19.5 Å². The maximum Gasteiger partial charge on any atom is 0.275 e. The fourth-order valence-electron chi connectivity index (χ4n) is 3.35. The van der Waals surface area contributed by atoms with Gasteiger partial charge < -0.3 is 9.80 Å². The molecule has 1 aliphatic heterocycles. The summed E-state index contributed by atoms with van der Waals surface area (Å²) in [6.45, 7) is 1.82. The molecule has 2 aliphatic rings. The number of likely N-dealkylation sites (N-methyl/N-ethyl adjacent to an activating group) is 1. The lowest BCUT2D eigenvalue weighted by Crippen LogP contribution is -2.35. The number of fused-ring (bicyclic) bond motifs is 1. The minimum atomic E-state index is -0.380. The van der Waals surface area contributed by atoms with Crippen LogP contribution in [-0.4, -0.2) is 45.5 Å². The second kappa shape index (κ2) is 6.42. The summed E-state index contributed by atoms with van der Waals surface area (Å²) in [6, 6.07) is 4.74. The first-order valence-electron chi connectivity index (χ1n) is 8.53. The van der Waals surface area contributed by atoms with Gasteiger partial charge in [0, 0.05) is 47.4 Å². The molecule has 0 unspecified atom stereocenters. The summed E-state index contributed by atoms with van der Waals surface area (Å²) in [5, 5.41) is 7.63. The molecule has 2 heterocycles. The number of nitrogens with zero attached hydrogens (tertiary/aromatic N) is 3. The Kier molecular flexibility index (Phi) is 4.25. The van der Waals surface area contributed by atoms with E-state index in [4.69, 9.17) is 11.6 Å². The second-order valence-corrected chi connectivity index (χ2v) is 7.29. The summed E-state index contributed by atoms with van der Waals surface area (Å²) in [6.07, 6.45) is 2.73. The van der Waals surface area contributed by atoms with Gasteiger partial charge in [0.1, 0.15) is 5.82 Å². The first-order chi connectivity index (χ1) is 12.0. The van der Waals surface area contributed by atoms with Gasteiger partial charge in [0.2, 0.25) is 0 Å². The van der Waals surface area contributed by atoms with E-state index < -0.39 is 0 Å². The number of halogens is 2. The van der Waals surface area contributed by atoms with Crippen molar-refractivity contribution in [3.63, 3.8) is 0 Å². The molecular formula is C18H20ClFN4O. The van der Waals surface area contributed by atoms with Crippen molar-refractivity contribution in [3.05, 3.63) is 51.6 Å². The van der Waals surface area contributed by atoms with Gasteiger partial charge in [-0.25, -0.2) is 4.39 Å². The zero-order valence-electron chi connectivity index (χ0n) is 14.1. The number of carbonyl (C=O) groups is 1. The molecule has 7 heteroatoms. The van der Waals surface area contributed by atoms with E-state index >= 15 is 0 Å². The van der Waals surface area contributed by atoms with E-state index in [-0.39, 0.29) is 24.3 Å². The molecule has 0 radical (unpaired) electrons.